The van der Waals surface area contributed by atoms with E-state index in [4.69, 9.17) is 33.0 Å². The zero-order valence-electron chi connectivity index (χ0n) is 13.2. The van der Waals surface area contributed by atoms with Crippen molar-refractivity contribution in [3.8, 4) is 16.9 Å². The number of benzene rings is 2. The van der Waals surface area contributed by atoms with Crippen LogP contribution in [0.15, 0.2) is 36.4 Å². The zero-order valence-corrected chi connectivity index (χ0v) is 14.7. The van der Waals surface area contributed by atoms with Crippen molar-refractivity contribution in [3.05, 3.63) is 52.3 Å². The number of hydrogen-bond acceptors (Lipinski definition) is 2. The van der Waals surface area contributed by atoms with Gasteiger partial charge in [0, 0.05) is 36.5 Å². The first kappa shape index (κ1) is 17.8. The number of likely N-dealkylation sites (tertiary alicyclic amines) is 1. The molecule has 0 bridgehead atoms. The Hall–Kier alpha value is -1.98. The number of halogens is 3. The molecule has 0 unspecified atom stereocenters. The minimum Gasteiger partial charge on any atom is -0.487 e. The van der Waals surface area contributed by atoms with E-state index in [-0.39, 0.29) is 22.4 Å². The molecule has 1 amide bonds. The first-order valence-corrected chi connectivity index (χ1v) is 8.60. The summed E-state index contributed by atoms with van der Waals surface area (Å²) in [6, 6.07) is 9.82. The van der Waals surface area contributed by atoms with Crippen LogP contribution in [0, 0.1) is 5.82 Å². The fraction of sp³-hybridized carbons (Fsp3) is 0.278. The molecule has 1 aliphatic rings. The Labute approximate surface area is 154 Å². The second-order valence-corrected chi connectivity index (χ2v) is 6.67. The Morgan fingerprint density at radius 3 is 2.36 bits per heavy atom. The van der Waals surface area contributed by atoms with Crippen molar-refractivity contribution in [3.63, 3.8) is 0 Å². The molecule has 2 aromatic carbocycles. The average molecular weight is 384 g/mol. The standard InChI is InChI=1S/C18H16Cl2FNO3/c19-12-3-1-11(2-4-12)16-14(20)5-6-15(17(16)21)25-13-7-9-22(10-8-13)18(23)24/h1-6,13H,7-10H2,(H,23,24). The first-order valence-electron chi connectivity index (χ1n) is 7.84. The molecule has 1 heterocycles. The molecule has 2 aromatic rings. The van der Waals surface area contributed by atoms with E-state index in [1.165, 1.54) is 11.0 Å². The van der Waals surface area contributed by atoms with Gasteiger partial charge in [0.15, 0.2) is 11.6 Å². The molecule has 0 aliphatic carbocycles. The van der Waals surface area contributed by atoms with Gasteiger partial charge in [0.2, 0.25) is 0 Å². The van der Waals surface area contributed by atoms with Gasteiger partial charge < -0.3 is 14.7 Å². The van der Waals surface area contributed by atoms with Gasteiger partial charge in [-0.25, -0.2) is 9.18 Å². The van der Waals surface area contributed by atoms with Gasteiger partial charge >= 0.3 is 6.09 Å². The third kappa shape index (κ3) is 3.99. The monoisotopic (exact) mass is 383 g/mol. The van der Waals surface area contributed by atoms with E-state index in [9.17, 15) is 9.18 Å². The number of hydrogen-bond donors (Lipinski definition) is 1. The molecule has 3 rings (SSSR count). The van der Waals surface area contributed by atoms with Crippen LogP contribution < -0.4 is 4.74 Å². The molecule has 0 spiro atoms. The smallest absolute Gasteiger partial charge is 0.407 e. The molecule has 4 nitrogen and oxygen atoms in total. The first-order chi connectivity index (χ1) is 12.0. The van der Waals surface area contributed by atoms with E-state index < -0.39 is 11.9 Å². The summed E-state index contributed by atoms with van der Waals surface area (Å²) in [6.07, 6.45) is -0.138. The van der Waals surface area contributed by atoms with E-state index in [0.29, 0.717) is 36.5 Å². The quantitative estimate of drug-likeness (QED) is 0.779. The van der Waals surface area contributed by atoms with Crippen molar-refractivity contribution >= 4 is 29.3 Å². The molecule has 0 atom stereocenters. The van der Waals surface area contributed by atoms with Crippen LogP contribution >= 0.6 is 23.2 Å². The predicted octanol–water partition coefficient (Wildman–Crippen LogP) is 5.32. The maximum atomic E-state index is 14.9. The van der Waals surface area contributed by atoms with Crippen LogP contribution in [0.5, 0.6) is 5.75 Å². The Balaban J connectivity index is 1.80. The number of ether oxygens (including phenoxy) is 1. The second-order valence-electron chi connectivity index (χ2n) is 5.83. The highest BCUT2D eigenvalue weighted by molar-refractivity contribution is 6.33. The Kier molecular flexibility index (Phi) is 5.35. The molecule has 1 fully saturated rings. The molecular weight excluding hydrogens is 368 g/mol. The SMILES string of the molecule is O=C(O)N1CCC(Oc2ccc(Cl)c(-c3ccc(Cl)cc3)c2F)CC1. The molecule has 132 valence electrons. The summed E-state index contributed by atoms with van der Waals surface area (Å²) in [6.45, 7) is 0.749. The van der Waals surface area contributed by atoms with Crippen molar-refractivity contribution in [2.24, 2.45) is 0 Å². The van der Waals surface area contributed by atoms with Gasteiger partial charge in [-0.15, -0.1) is 0 Å². The number of carboxylic acid groups (broad SMARTS) is 1. The molecule has 1 N–H and O–H groups in total. The fourth-order valence-corrected chi connectivity index (χ4v) is 3.23. The van der Waals surface area contributed by atoms with Gasteiger partial charge in [0.25, 0.3) is 0 Å². The highest BCUT2D eigenvalue weighted by Gasteiger charge is 2.25. The van der Waals surface area contributed by atoms with Crippen LogP contribution in [-0.4, -0.2) is 35.3 Å². The van der Waals surface area contributed by atoms with Crippen LogP contribution in [0.3, 0.4) is 0 Å². The lowest BCUT2D eigenvalue weighted by molar-refractivity contribution is 0.0873. The molecular formula is C18H16Cl2FNO3. The highest BCUT2D eigenvalue weighted by Crippen LogP contribution is 2.36. The van der Waals surface area contributed by atoms with Crippen molar-refractivity contribution in [2.45, 2.75) is 18.9 Å². The molecule has 25 heavy (non-hydrogen) atoms. The van der Waals surface area contributed by atoms with E-state index in [1.54, 1.807) is 30.3 Å². The number of piperidine rings is 1. The lowest BCUT2D eigenvalue weighted by Gasteiger charge is -2.30. The highest BCUT2D eigenvalue weighted by atomic mass is 35.5. The summed E-state index contributed by atoms with van der Waals surface area (Å²) in [7, 11) is 0. The molecule has 7 heteroatoms. The van der Waals surface area contributed by atoms with E-state index >= 15 is 0 Å². The third-order valence-electron chi connectivity index (χ3n) is 4.19. The molecule has 1 saturated heterocycles. The van der Waals surface area contributed by atoms with Gasteiger partial charge in [0.1, 0.15) is 6.10 Å². The Bertz CT molecular complexity index is 775. The van der Waals surface area contributed by atoms with Crippen molar-refractivity contribution < 1.29 is 19.0 Å². The summed E-state index contributed by atoms with van der Waals surface area (Å²) in [5.41, 5.74) is 0.872. The third-order valence-corrected chi connectivity index (χ3v) is 4.76. The number of carbonyl (C=O) groups is 1. The number of nitrogens with zero attached hydrogens (tertiary/aromatic N) is 1. The minimum absolute atomic E-state index is 0.114. The van der Waals surface area contributed by atoms with Crippen molar-refractivity contribution in [1.82, 2.24) is 4.90 Å². The second kappa shape index (κ2) is 7.50. The average Bonchev–Trinajstić information content (AvgIpc) is 2.59. The summed E-state index contributed by atoms with van der Waals surface area (Å²) < 4.78 is 20.7. The zero-order chi connectivity index (χ0) is 18.0. The molecule has 0 radical (unpaired) electrons. The normalized spacial score (nSPS) is 15.2. The van der Waals surface area contributed by atoms with Crippen LogP contribution in [0.25, 0.3) is 11.1 Å². The van der Waals surface area contributed by atoms with Crippen molar-refractivity contribution in [1.29, 1.82) is 0 Å². The number of rotatable bonds is 3. The van der Waals surface area contributed by atoms with E-state index in [1.807, 2.05) is 0 Å². The van der Waals surface area contributed by atoms with Crippen LogP contribution in [0.4, 0.5) is 9.18 Å². The minimum atomic E-state index is -0.943. The lowest BCUT2D eigenvalue weighted by atomic mass is 10.0. The predicted molar refractivity (Wildman–Crippen MR) is 95.1 cm³/mol. The van der Waals surface area contributed by atoms with E-state index in [2.05, 4.69) is 0 Å². The summed E-state index contributed by atoms with van der Waals surface area (Å²) in [5, 5.41) is 9.81. The summed E-state index contributed by atoms with van der Waals surface area (Å²) in [4.78, 5) is 12.3. The maximum absolute atomic E-state index is 14.9. The number of amides is 1. The van der Waals surface area contributed by atoms with E-state index in [0.717, 1.165) is 0 Å². The molecule has 0 saturated carbocycles. The molecule has 1 aliphatic heterocycles. The van der Waals surface area contributed by atoms with Crippen LogP contribution in [0.1, 0.15) is 12.8 Å². The van der Waals surface area contributed by atoms with Crippen LogP contribution in [0.2, 0.25) is 10.0 Å². The fourth-order valence-electron chi connectivity index (χ4n) is 2.85. The van der Waals surface area contributed by atoms with Crippen LogP contribution in [-0.2, 0) is 0 Å². The van der Waals surface area contributed by atoms with Gasteiger partial charge in [0.05, 0.1) is 5.02 Å². The summed E-state index contributed by atoms with van der Waals surface area (Å²) >= 11 is 12.0. The topological polar surface area (TPSA) is 49.8 Å². The van der Waals surface area contributed by atoms with Gasteiger partial charge in [-0.1, -0.05) is 35.3 Å². The lowest BCUT2D eigenvalue weighted by Crippen LogP contribution is -2.41. The summed E-state index contributed by atoms with van der Waals surface area (Å²) in [5.74, 6) is -0.418. The Morgan fingerprint density at radius 2 is 1.76 bits per heavy atom. The Morgan fingerprint density at radius 1 is 1.12 bits per heavy atom. The van der Waals surface area contributed by atoms with Gasteiger partial charge in [-0.2, -0.15) is 0 Å². The molecule has 0 aromatic heterocycles. The largest absolute Gasteiger partial charge is 0.487 e. The van der Waals surface area contributed by atoms with Crippen molar-refractivity contribution in [2.75, 3.05) is 13.1 Å². The maximum Gasteiger partial charge on any atom is 0.407 e. The van der Waals surface area contributed by atoms with Gasteiger partial charge in [-0.3, -0.25) is 0 Å². The van der Waals surface area contributed by atoms with Gasteiger partial charge in [-0.05, 0) is 29.8 Å².